The molecule has 0 aliphatic heterocycles. The third-order valence-corrected chi connectivity index (χ3v) is 0.906. The summed E-state index contributed by atoms with van der Waals surface area (Å²) in [6.45, 7) is 6.48. The Bertz CT molecular complexity index is 115. The summed E-state index contributed by atoms with van der Waals surface area (Å²) in [5.74, 6) is 0.184. The number of hydrogen-bond donors (Lipinski definition) is 2. The van der Waals surface area contributed by atoms with E-state index >= 15 is 0 Å². The molecule has 0 heterocycles. The zero-order valence-corrected chi connectivity index (χ0v) is 6.90. The molecule has 3 heteroatoms. The van der Waals surface area contributed by atoms with E-state index in [1.54, 1.807) is 0 Å². The van der Waals surface area contributed by atoms with E-state index in [1.807, 2.05) is 20.8 Å². The molecule has 0 atom stereocenters. The van der Waals surface area contributed by atoms with Gasteiger partial charge in [0.1, 0.15) is 0 Å². The number of ether oxygens (including phenoxy) is 1. The Morgan fingerprint density at radius 3 is 2.30 bits per heavy atom. The quantitative estimate of drug-likeness (QED) is 0.460. The normalized spacial score (nSPS) is 11.5. The molecule has 0 fully saturated rings. The second kappa shape index (κ2) is 3.56. The molecule has 60 valence electrons. The second-order valence-electron chi connectivity index (χ2n) is 3.24. The fourth-order valence-corrected chi connectivity index (χ4v) is 0.467. The van der Waals surface area contributed by atoms with Crippen molar-refractivity contribution >= 4 is 5.84 Å². The Labute approximate surface area is 62.1 Å². The largest absolute Gasteiger partial charge is 0.388 e. The zero-order valence-electron chi connectivity index (χ0n) is 6.90. The first-order chi connectivity index (χ1) is 4.42. The van der Waals surface area contributed by atoms with Crippen LogP contribution in [0.2, 0.25) is 0 Å². The molecule has 0 aromatic heterocycles. The predicted molar refractivity (Wildman–Crippen MR) is 42.2 cm³/mol. The molecule has 3 nitrogen and oxygen atoms in total. The third-order valence-electron chi connectivity index (χ3n) is 0.906. The van der Waals surface area contributed by atoms with Crippen LogP contribution in [0.5, 0.6) is 0 Å². The van der Waals surface area contributed by atoms with Crippen molar-refractivity contribution in [3.63, 3.8) is 0 Å². The third kappa shape index (κ3) is 7.43. The number of amidine groups is 1. The second-order valence-corrected chi connectivity index (χ2v) is 3.24. The van der Waals surface area contributed by atoms with Crippen LogP contribution in [0.25, 0.3) is 0 Å². The van der Waals surface area contributed by atoms with Gasteiger partial charge < -0.3 is 10.5 Å². The predicted octanol–water partition coefficient (Wildman–Crippen LogP) is 1.13. The van der Waals surface area contributed by atoms with E-state index in [1.165, 1.54) is 0 Å². The van der Waals surface area contributed by atoms with Gasteiger partial charge in [-0.15, -0.1) is 0 Å². The van der Waals surface area contributed by atoms with E-state index in [-0.39, 0.29) is 11.4 Å². The summed E-state index contributed by atoms with van der Waals surface area (Å²) >= 11 is 0. The van der Waals surface area contributed by atoms with E-state index in [0.29, 0.717) is 13.0 Å². The molecule has 0 aromatic rings. The van der Waals surface area contributed by atoms with Crippen molar-refractivity contribution in [1.29, 1.82) is 5.41 Å². The molecule has 0 aliphatic rings. The minimum atomic E-state index is -0.116. The summed E-state index contributed by atoms with van der Waals surface area (Å²) in [6, 6.07) is 0. The first-order valence-electron chi connectivity index (χ1n) is 3.39. The van der Waals surface area contributed by atoms with Gasteiger partial charge in [-0.3, -0.25) is 5.41 Å². The summed E-state index contributed by atoms with van der Waals surface area (Å²) in [6.07, 6.45) is 0.525. The SMILES string of the molecule is CC(C)(C)OCCC(=N)N. The van der Waals surface area contributed by atoms with Crippen molar-refractivity contribution in [2.75, 3.05) is 6.61 Å². The van der Waals surface area contributed by atoms with Gasteiger partial charge in [-0.1, -0.05) is 0 Å². The molecule has 0 saturated carbocycles. The average Bonchev–Trinajstić information content (AvgIpc) is 1.59. The lowest BCUT2D eigenvalue weighted by Crippen LogP contribution is -2.22. The highest BCUT2D eigenvalue weighted by atomic mass is 16.5. The first-order valence-corrected chi connectivity index (χ1v) is 3.39. The van der Waals surface area contributed by atoms with Crippen molar-refractivity contribution in [1.82, 2.24) is 0 Å². The van der Waals surface area contributed by atoms with Gasteiger partial charge in [0.2, 0.25) is 0 Å². The molecule has 0 aliphatic carbocycles. The Morgan fingerprint density at radius 2 is 2.00 bits per heavy atom. The lowest BCUT2D eigenvalue weighted by Gasteiger charge is -2.18. The van der Waals surface area contributed by atoms with Crippen LogP contribution in [0, 0.1) is 5.41 Å². The topological polar surface area (TPSA) is 59.1 Å². The Balaban J connectivity index is 3.29. The fraction of sp³-hybridized carbons (Fsp3) is 0.857. The zero-order chi connectivity index (χ0) is 8.20. The van der Waals surface area contributed by atoms with Gasteiger partial charge in [0, 0.05) is 6.42 Å². The van der Waals surface area contributed by atoms with Crippen molar-refractivity contribution in [2.24, 2.45) is 5.73 Å². The summed E-state index contributed by atoms with van der Waals surface area (Å²) < 4.78 is 5.32. The van der Waals surface area contributed by atoms with Gasteiger partial charge in [-0.2, -0.15) is 0 Å². The molecule has 0 rings (SSSR count). The first kappa shape index (κ1) is 9.43. The smallest absolute Gasteiger partial charge is 0.0928 e. The van der Waals surface area contributed by atoms with E-state index in [4.69, 9.17) is 15.9 Å². The molecule has 0 bridgehead atoms. The van der Waals surface area contributed by atoms with Gasteiger partial charge in [0.05, 0.1) is 18.0 Å². The van der Waals surface area contributed by atoms with Gasteiger partial charge in [0.25, 0.3) is 0 Å². The van der Waals surface area contributed by atoms with Crippen LogP contribution >= 0.6 is 0 Å². The summed E-state index contributed by atoms with van der Waals surface area (Å²) in [5, 5.41) is 6.90. The van der Waals surface area contributed by atoms with Gasteiger partial charge in [0.15, 0.2) is 0 Å². The Morgan fingerprint density at radius 1 is 1.50 bits per heavy atom. The van der Waals surface area contributed by atoms with Crippen LogP contribution in [0.1, 0.15) is 27.2 Å². The van der Waals surface area contributed by atoms with Crippen LogP contribution in [-0.2, 0) is 4.74 Å². The van der Waals surface area contributed by atoms with Crippen molar-refractivity contribution < 1.29 is 4.74 Å². The molecule has 0 saturated heterocycles. The minimum absolute atomic E-state index is 0.116. The fourth-order valence-electron chi connectivity index (χ4n) is 0.467. The standard InChI is InChI=1S/C7H16N2O/c1-7(2,3)10-5-4-6(8)9/h4-5H2,1-3H3,(H3,8,9). The molecular weight excluding hydrogens is 128 g/mol. The molecular formula is C7H16N2O. The molecule has 0 radical (unpaired) electrons. The molecule has 10 heavy (non-hydrogen) atoms. The molecule has 0 amide bonds. The number of nitrogens with one attached hydrogen (secondary N) is 1. The van der Waals surface area contributed by atoms with Gasteiger partial charge in [-0.25, -0.2) is 0 Å². The van der Waals surface area contributed by atoms with Crippen molar-refractivity contribution in [3.8, 4) is 0 Å². The highest BCUT2D eigenvalue weighted by Crippen LogP contribution is 2.06. The Kier molecular flexibility index (Phi) is 3.36. The highest BCUT2D eigenvalue weighted by molar-refractivity contribution is 5.76. The number of nitrogens with two attached hydrogens (primary N) is 1. The Hall–Kier alpha value is -0.570. The number of hydrogen-bond acceptors (Lipinski definition) is 2. The van der Waals surface area contributed by atoms with Crippen LogP contribution < -0.4 is 5.73 Å². The van der Waals surface area contributed by atoms with E-state index in [9.17, 15) is 0 Å². The maximum absolute atomic E-state index is 6.90. The van der Waals surface area contributed by atoms with E-state index < -0.39 is 0 Å². The summed E-state index contributed by atoms with van der Waals surface area (Å²) in [4.78, 5) is 0. The van der Waals surface area contributed by atoms with Crippen molar-refractivity contribution in [3.05, 3.63) is 0 Å². The molecule has 0 spiro atoms. The maximum Gasteiger partial charge on any atom is 0.0928 e. The van der Waals surface area contributed by atoms with Crippen LogP contribution in [0.3, 0.4) is 0 Å². The summed E-state index contributed by atoms with van der Waals surface area (Å²) in [5.41, 5.74) is 5.01. The minimum Gasteiger partial charge on any atom is -0.388 e. The van der Waals surface area contributed by atoms with Crippen LogP contribution in [-0.4, -0.2) is 18.0 Å². The molecule has 0 aromatic carbocycles. The maximum atomic E-state index is 6.90. The van der Waals surface area contributed by atoms with E-state index in [2.05, 4.69) is 0 Å². The van der Waals surface area contributed by atoms with Gasteiger partial charge in [-0.05, 0) is 20.8 Å². The van der Waals surface area contributed by atoms with Gasteiger partial charge >= 0.3 is 0 Å². The lowest BCUT2D eigenvalue weighted by atomic mass is 10.2. The lowest BCUT2D eigenvalue weighted by molar-refractivity contribution is 0.00123. The molecule has 0 unspecified atom stereocenters. The molecule has 3 N–H and O–H groups in total. The highest BCUT2D eigenvalue weighted by Gasteiger charge is 2.08. The van der Waals surface area contributed by atoms with Crippen LogP contribution in [0.15, 0.2) is 0 Å². The monoisotopic (exact) mass is 144 g/mol. The summed E-state index contributed by atoms with van der Waals surface area (Å²) in [7, 11) is 0. The van der Waals surface area contributed by atoms with Crippen LogP contribution in [0.4, 0.5) is 0 Å². The van der Waals surface area contributed by atoms with E-state index in [0.717, 1.165) is 0 Å². The average molecular weight is 144 g/mol. The van der Waals surface area contributed by atoms with Crippen molar-refractivity contribution in [2.45, 2.75) is 32.8 Å². The number of rotatable bonds is 3.